The molecule has 0 aromatic carbocycles. The van der Waals surface area contributed by atoms with Crippen molar-refractivity contribution in [3.8, 4) is 11.8 Å². The Hall–Kier alpha value is -0.970. The molecule has 0 aliphatic heterocycles. The normalized spacial score (nSPS) is 7.80. The molecule has 0 unspecified atom stereocenters. The SMILES string of the molecule is CC#CC(=O)OCCCC. The molecule has 0 fully saturated rings. The van der Waals surface area contributed by atoms with Gasteiger partial charge in [-0.05, 0) is 13.3 Å². The zero-order valence-electron chi connectivity index (χ0n) is 6.44. The van der Waals surface area contributed by atoms with Crippen molar-refractivity contribution in [2.75, 3.05) is 6.61 Å². The zero-order valence-corrected chi connectivity index (χ0v) is 6.44. The van der Waals surface area contributed by atoms with Crippen molar-refractivity contribution in [3.63, 3.8) is 0 Å². The summed E-state index contributed by atoms with van der Waals surface area (Å²) >= 11 is 0. The van der Waals surface area contributed by atoms with E-state index in [1.165, 1.54) is 0 Å². The van der Waals surface area contributed by atoms with E-state index in [0.717, 1.165) is 12.8 Å². The summed E-state index contributed by atoms with van der Waals surface area (Å²) in [6.07, 6.45) is 1.95. The summed E-state index contributed by atoms with van der Waals surface area (Å²) in [4.78, 5) is 10.5. The maximum absolute atomic E-state index is 10.5. The van der Waals surface area contributed by atoms with Gasteiger partial charge in [-0.1, -0.05) is 19.3 Å². The highest BCUT2D eigenvalue weighted by atomic mass is 16.5. The number of rotatable bonds is 3. The molecule has 0 aromatic rings. The molecule has 56 valence electrons. The Bertz CT molecular complexity index is 150. The molecule has 0 aromatic heterocycles. The lowest BCUT2D eigenvalue weighted by atomic mass is 10.4. The van der Waals surface area contributed by atoms with Crippen LogP contribution in [-0.4, -0.2) is 12.6 Å². The van der Waals surface area contributed by atoms with Crippen molar-refractivity contribution in [1.82, 2.24) is 0 Å². The Morgan fingerprint density at radius 1 is 1.60 bits per heavy atom. The Morgan fingerprint density at radius 2 is 2.30 bits per heavy atom. The van der Waals surface area contributed by atoms with Crippen molar-refractivity contribution in [1.29, 1.82) is 0 Å². The topological polar surface area (TPSA) is 26.3 Å². The fourth-order valence-corrected chi connectivity index (χ4v) is 0.447. The second kappa shape index (κ2) is 6.15. The van der Waals surface area contributed by atoms with Gasteiger partial charge >= 0.3 is 5.97 Å². The fourth-order valence-electron chi connectivity index (χ4n) is 0.447. The van der Waals surface area contributed by atoms with Gasteiger partial charge in [0.2, 0.25) is 0 Å². The highest BCUT2D eigenvalue weighted by molar-refractivity contribution is 5.88. The van der Waals surface area contributed by atoms with Gasteiger partial charge in [-0.2, -0.15) is 0 Å². The monoisotopic (exact) mass is 140 g/mol. The van der Waals surface area contributed by atoms with Crippen LogP contribution in [0.4, 0.5) is 0 Å². The van der Waals surface area contributed by atoms with Crippen LogP contribution >= 0.6 is 0 Å². The molecule has 0 spiro atoms. The van der Waals surface area contributed by atoms with Gasteiger partial charge in [0.25, 0.3) is 0 Å². The molecule has 0 amide bonds. The summed E-state index contributed by atoms with van der Waals surface area (Å²) in [5, 5.41) is 0. The predicted octanol–water partition coefficient (Wildman–Crippen LogP) is 1.35. The second-order valence-electron chi connectivity index (χ2n) is 1.86. The maximum atomic E-state index is 10.5. The summed E-state index contributed by atoms with van der Waals surface area (Å²) in [5.74, 6) is 4.34. The third-order valence-electron chi connectivity index (χ3n) is 0.958. The van der Waals surface area contributed by atoms with E-state index in [0.29, 0.717) is 6.61 Å². The van der Waals surface area contributed by atoms with Crippen molar-refractivity contribution in [3.05, 3.63) is 0 Å². The number of hydrogen-bond donors (Lipinski definition) is 0. The Balaban J connectivity index is 3.28. The maximum Gasteiger partial charge on any atom is 0.384 e. The fraction of sp³-hybridized carbons (Fsp3) is 0.625. The molecule has 0 bridgehead atoms. The van der Waals surface area contributed by atoms with E-state index in [4.69, 9.17) is 4.74 Å². The smallest absolute Gasteiger partial charge is 0.384 e. The van der Waals surface area contributed by atoms with Crippen molar-refractivity contribution in [2.45, 2.75) is 26.7 Å². The third-order valence-corrected chi connectivity index (χ3v) is 0.958. The highest BCUT2D eigenvalue weighted by Gasteiger charge is 1.93. The first kappa shape index (κ1) is 9.03. The van der Waals surface area contributed by atoms with E-state index in [1.54, 1.807) is 6.92 Å². The van der Waals surface area contributed by atoms with Crippen molar-refractivity contribution >= 4 is 5.97 Å². The van der Waals surface area contributed by atoms with Crippen LogP contribution in [0.15, 0.2) is 0 Å². The van der Waals surface area contributed by atoms with E-state index < -0.39 is 5.97 Å². The Morgan fingerprint density at radius 3 is 2.80 bits per heavy atom. The molecule has 0 aliphatic rings. The van der Waals surface area contributed by atoms with Crippen LogP contribution in [0.3, 0.4) is 0 Å². The molecule has 0 radical (unpaired) electrons. The average Bonchev–Trinajstić information content (AvgIpc) is 1.89. The van der Waals surface area contributed by atoms with E-state index in [-0.39, 0.29) is 0 Å². The first-order valence-electron chi connectivity index (χ1n) is 3.40. The lowest BCUT2D eigenvalue weighted by Crippen LogP contribution is -2.01. The van der Waals surface area contributed by atoms with E-state index >= 15 is 0 Å². The number of esters is 1. The van der Waals surface area contributed by atoms with E-state index in [1.807, 2.05) is 6.92 Å². The van der Waals surface area contributed by atoms with Crippen molar-refractivity contribution in [2.24, 2.45) is 0 Å². The predicted molar refractivity (Wildman–Crippen MR) is 39.3 cm³/mol. The molecular formula is C8H12O2. The van der Waals surface area contributed by atoms with Gasteiger partial charge in [0, 0.05) is 5.92 Å². The van der Waals surface area contributed by atoms with E-state index in [9.17, 15) is 4.79 Å². The molecular weight excluding hydrogens is 128 g/mol. The van der Waals surface area contributed by atoms with Crippen LogP contribution in [0, 0.1) is 11.8 Å². The van der Waals surface area contributed by atoms with Gasteiger partial charge in [-0.15, -0.1) is 0 Å². The summed E-state index contributed by atoms with van der Waals surface area (Å²) in [5.41, 5.74) is 0. The van der Waals surface area contributed by atoms with E-state index in [2.05, 4.69) is 11.8 Å². The summed E-state index contributed by atoms with van der Waals surface area (Å²) in [6, 6.07) is 0. The van der Waals surface area contributed by atoms with Gasteiger partial charge in [-0.25, -0.2) is 4.79 Å². The molecule has 0 aliphatic carbocycles. The first-order valence-corrected chi connectivity index (χ1v) is 3.40. The van der Waals surface area contributed by atoms with Gasteiger partial charge in [0.1, 0.15) is 0 Å². The standard InChI is InChI=1S/C8H12O2/c1-3-5-7-10-8(9)6-4-2/h3,5,7H2,1-2H3. The van der Waals surface area contributed by atoms with Crippen LogP contribution in [0.2, 0.25) is 0 Å². The number of carbonyl (C=O) groups excluding carboxylic acids is 1. The summed E-state index contributed by atoms with van der Waals surface area (Å²) < 4.78 is 4.71. The quantitative estimate of drug-likeness (QED) is 0.256. The minimum Gasteiger partial charge on any atom is -0.456 e. The zero-order chi connectivity index (χ0) is 7.82. The number of hydrogen-bond acceptors (Lipinski definition) is 2. The largest absolute Gasteiger partial charge is 0.456 e. The highest BCUT2D eigenvalue weighted by Crippen LogP contribution is 1.87. The number of unbranched alkanes of at least 4 members (excludes halogenated alkanes) is 1. The van der Waals surface area contributed by atoms with Crippen LogP contribution in [0.25, 0.3) is 0 Å². The Labute approximate surface area is 61.6 Å². The summed E-state index contributed by atoms with van der Waals surface area (Å²) in [6.45, 7) is 4.14. The minimum absolute atomic E-state index is 0.420. The molecule has 10 heavy (non-hydrogen) atoms. The van der Waals surface area contributed by atoms with Crippen LogP contribution in [0.5, 0.6) is 0 Å². The number of ether oxygens (including phenoxy) is 1. The Kier molecular flexibility index (Phi) is 5.56. The first-order chi connectivity index (χ1) is 4.81. The molecule has 0 heterocycles. The average molecular weight is 140 g/mol. The van der Waals surface area contributed by atoms with Crippen LogP contribution < -0.4 is 0 Å². The third kappa shape index (κ3) is 5.17. The second-order valence-corrected chi connectivity index (χ2v) is 1.86. The lowest BCUT2D eigenvalue weighted by Gasteiger charge is -1.95. The van der Waals surface area contributed by atoms with Crippen molar-refractivity contribution < 1.29 is 9.53 Å². The molecule has 0 saturated heterocycles. The molecule has 0 N–H and O–H groups in total. The molecule has 2 nitrogen and oxygen atoms in total. The minimum atomic E-state index is -0.420. The molecule has 2 heteroatoms. The van der Waals surface area contributed by atoms with Gasteiger partial charge < -0.3 is 4.74 Å². The summed E-state index contributed by atoms with van der Waals surface area (Å²) in [7, 11) is 0. The van der Waals surface area contributed by atoms with Gasteiger partial charge in [-0.3, -0.25) is 0 Å². The van der Waals surface area contributed by atoms with Gasteiger partial charge in [0.05, 0.1) is 6.61 Å². The molecule has 0 atom stereocenters. The van der Waals surface area contributed by atoms with Crippen LogP contribution in [-0.2, 0) is 9.53 Å². The number of carbonyl (C=O) groups is 1. The van der Waals surface area contributed by atoms with Gasteiger partial charge in [0.15, 0.2) is 0 Å². The molecule has 0 saturated carbocycles. The lowest BCUT2D eigenvalue weighted by molar-refractivity contribution is -0.136. The molecule has 0 rings (SSSR count). The van der Waals surface area contributed by atoms with Crippen LogP contribution in [0.1, 0.15) is 26.7 Å².